The van der Waals surface area contributed by atoms with Crippen LogP contribution in [0.1, 0.15) is 51.8 Å². The Balaban J connectivity index is 1.37. The smallest absolute Gasteiger partial charge is 0.410 e. The first kappa shape index (κ1) is 21.2. The summed E-state index contributed by atoms with van der Waals surface area (Å²) in [5, 5.41) is 5.35. The Morgan fingerprint density at radius 3 is 2.55 bits per heavy atom. The SMILES string of the molecule is CC(C)n1ccc2cc(-c3nc(-c4ccc5c(c4)CN(C(=O)OC(C)(C)C)C5)no3)ccc21. The molecule has 33 heavy (non-hydrogen) atoms. The number of hydrogen-bond donors (Lipinski definition) is 0. The number of rotatable bonds is 3. The fourth-order valence-electron chi connectivity index (χ4n) is 4.19. The number of carbonyl (C=O) groups excluding carboxylic acids is 1. The molecule has 0 bridgehead atoms. The van der Waals surface area contributed by atoms with Crippen molar-refractivity contribution >= 4 is 17.0 Å². The van der Waals surface area contributed by atoms with Crippen LogP contribution in [0.5, 0.6) is 0 Å². The minimum Gasteiger partial charge on any atom is -0.444 e. The van der Waals surface area contributed by atoms with Crippen molar-refractivity contribution in [1.29, 1.82) is 0 Å². The quantitative estimate of drug-likeness (QED) is 0.377. The first-order valence-corrected chi connectivity index (χ1v) is 11.2. The summed E-state index contributed by atoms with van der Waals surface area (Å²) in [5.41, 5.74) is 4.59. The van der Waals surface area contributed by atoms with Crippen molar-refractivity contribution < 1.29 is 14.1 Å². The van der Waals surface area contributed by atoms with E-state index in [1.165, 1.54) is 5.52 Å². The molecule has 4 aromatic rings. The molecule has 1 aliphatic heterocycles. The third kappa shape index (κ3) is 4.11. The van der Waals surface area contributed by atoms with Crippen molar-refractivity contribution in [2.45, 2.75) is 59.4 Å². The molecule has 0 N–H and O–H groups in total. The third-order valence-electron chi connectivity index (χ3n) is 5.79. The minimum atomic E-state index is -0.515. The molecular weight excluding hydrogens is 416 g/mol. The summed E-state index contributed by atoms with van der Waals surface area (Å²) in [6, 6.07) is 14.7. The van der Waals surface area contributed by atoms with Crippen LogP contribution in [0.15, 0.2) is 53.2 Å². The average molecular weight is 445 g/mol. The largest absolute Gasteiger partial charge is 0.444 e. The number of ether oxygens (including phenoxy) is 1. The Labute approximate surface area is 193 Å². The molecule has 0 radical (unpaired) electrons. The maximum absolute atomic E-state index is 12.4. The summed E-state index contributed by atoms with van der Waals surface area (Å²) in [4.78, 5) is 18.8. The Morgan fingerprint density at radius 2 is 1.79 bits per heavy atom. The van der Waals surface area contributed by atoms with Gasteiger partial charge in [-0.25, -0.2) is 4.79 Å². The van der Waals surface area contributed by atoms with Gasteiger partial charge in [-0.05, 0) is 76.1 Å². The van der Waals surface area contributed by atoms with Gasteiger partial charge in [0.05, 0.1) is 0 Å². The number of nitrogens with zero attached hydrogens (tertiary/aromatic N) is 4. The average Bonchev–Trinajstić information content (AvgIpc) is 3.48. The highest BCUT2D eigenvalue weighted by Crippen LogP contribution is 2.31. The van der Waals surface area contributed by atoms with E-state index in [9.17, 15) is 4.79 Å². The molecule has 170 valence electrons. The van der Waals surface area contributed by atoms with Crippen LogP contribution in [0.3, 0.4) is 0 Å². The van der Waals surface area contributed by atoms with Gasteiger partial charge in [0.25, 0.3) is 5.89 Å². The predicted octanol–water partition coefficient (Wildman–Crippen LogP) is 6.19. The van der Waals surface area contributed by atoms with E-state index in [2.05, 4.69) is 53.0 Å². The predicted molar refractivity (Wildman–Crippen MR) is 127 cm³/mol. The maximum atomic E-state index is 12.4. The lowest BCUT2D eigenvalue weighted by Gasteiger charge is -2.24. The van der Waals surface area contributed by atoms with Crippen molar-refractivity contribution in [3.63, 3.8) is 0 Å². The van der Waals surface area contributed by atoms with Crippen LogP contribution >= 0.6 is 0 Å². The maximum Gasteiger partial charge on any atom is 0.410 e. The first-order valence-electron chi connectivity index (χ1n) is 11.2. The second-order valence-electron chi connectivity index (χ2n) is 9.83. The van der Waals surface area contributed by atoms with Gasteiger partial charge >= 0.3 is 6.09 Å². The highest BCUT2D eigenvalue weighted by Gasteiger charge is 2.28. The Kier molecular flexibility index (Phi) is 5.00. The van der Waals surface area contributed by atoms with Crippen molar-refractivity contribution in [2.24, 2.45) is 0 Å². The zero-order valence-corrected chi connectivity index (χ0v) is 19.6. The lowest BCUT2D eigenvalue weighted by molar-refractivity contribution is 0.0242. The highest BCUT2D eigenvalue weighted by atomic mass is 16.6. The molecule has 7 heteroatoms. The van der Waals surface area contributed by atoms with Crippen LogP contribution in [0.25, 0.3) is 33.7 Å². The second-order valence-corrected chi connectivity index (χ2v) is 9.83. The lowest BCUT2D eigenvalue weighted by Crippen LogP contribution is -2.33. The molecular formula is C26H28N4O3. The normalized spacial score (nSPS) is 13.7. The number of hydrogen-bond acceptors (Lipinski definition) is 5. The molecule has 0 fully saturated rings. The molecule has 0 saturated heterocycles. The van der Waals surface area contributed by atoms with Crippen molar-refractivity contribution in [1.82, 2.24) is 19.6 Å². The van der Waals surface area contributed by atoms with E-state index in [4.69, 9.17) is 9.26 Å². The monoisotopic (exact) mass is 444 g/mol. The van der Waals surface area contributed by atoms with E-state index in [0.29, 0.717) is 30.8 Å². The molecule has 7 nitrogen and oxygen atoms in total. The van der Waals surface area contributed by atoms with E-state index in [1.54, 1.807) is 4.90 Å². The van der Waals surface area contributed by atoms with E-state index >= 15 is 0 Å². The van der Waals surface area contributed by atoms with E-state index in [-0.39, 0.29) is 6.09 Å². The zero-order chi connectivity index (χ0) is 23.3. The summed E-state index contributed by atoms with van der Waals surface area (Å²) < 4.78 is 13.3. The highest BCUT2D eigenvalue weighted by molar-refractivity contribution is 5.84. The molecule has 2 aromatic carbocycles. The van der Waals surface area contributed by atoms with Gasteiger partial charge in [-0.15, -0.1) is 0 Å². The van der Waals surface area contributed by atoms with Crippen LogP contribution < -0.4 is 0 Å². The molecule has 2 aromatic heterocycles. The summed E-state index contributed by atoms with van der Waals surface area (Å²) >= 11 is 0. The van der Waals surface area contributed by atoms with E-state index in [0.717, 1.165) is 27.6 Å². The third-order valence-corrected chi connectivity index (χ3v) is 5.79. The molecule has 0 spiro atoms. The van der Waals surface area contributed by atoms with E-state index < -0.39 is 5.60 Å². The van der Waals surface area contributed by atoms with Crippen LogP contribution in [-0.2, 0) is 17.8 Å². The molecule has 0 aliphatic carbocycles. The van der Waals surface area contributed by atoms with Gasteiger partial charge in [0, 0.05) is 47.4 Å². The van der Waals surface area contributed by atoms with Gasteiger partial charge in [0.1, 0.15) is 5.60 Å². The number of benzene rings is 2. The Bertz CT molecular complexity index is 1340. The molecule has 1 amide bonds. The summed E-state index contributed by atoms with van der Waals surface area (Å²) in [5.74, 6) is 1.02. The zero-order valence-electron chi connectivity index (χ0n) is 19.6. The molecule has 0 unspecified atom stereocenters. The molecule has 3 heterocycles. The fourth-order valence-corrected chi connectivity index (χ4v) is 4.19. The van der Waals surface area contributed by atoms with Crippen molar-refractivity contribution in [2.75, 3.05) is 0 Å². The van der Waals surface area contributed by atoms with E-state index in [1.807, 2.05) is 45.0 Å². The van der Waals surface area contributed by atoms with Gasteiger partial charge in [-0.3, -0.25) is 4.90 Å². The van der Waals surface area contributed by atoms with Gasteiger partial charge < -0.3 is 13.8 Å². The first-order chi connectivity index (χ1) is 15.7. The van der Waals surface area contributed by atoms with Gasteiger partial charge in [0.2, 0.25) is 5.82 Å². The minimum absolute atomic E-state index is 0.302. The fraction of sp³-hybridized carbons (Fsp3) is 0.346. The second kappa shape index (κ2) is 7.76. The van der Waals surface area contributed by atoms with Crippen LogP contribution in [0, 0.1) is 0 Å². The standard InChI is InChI=1S/C26H28N4O3/c1-16(2)30-11-10-17-12-19(8-9-22(17)30)24-27-23(28-33-24)18-6-7-20-14-29(15-21(20)13-18)25(31)32-26(3,4)5/h6-13,16H,14-15H2,1-5H3. The van der Waals surface area contributed by atoms with Gasteiger partial charge in [-0.1, -0.05) is 17.3 Å². The van der Waals surface area contributed by atoms with Crippen LogP contribution in [0.4, 0.5) is 4.79 Å². The van der Waals surface area contributed by atoms with Gasteiger partial charge in [-0.2, -0.15) is 4.98 Å². The van der Waals surface area contributed by atoms with Crippen LogP contribution in [0.2, 0.25) is 0 Å². The molecule has 0 atom stereocenters. The summed E-state index contributed by atoms with van der Waals surface area (Å²) in [7, 11) is 0. The Hall–Kier alpha value is -3.61. The van der Waals surface area contributed by atoms with Crippen LogP contribution in [-0.4, -0.2) is 31.3 Å². The topological polar surface area (TPSA) is 73.4 Å². The van der Waals surface area contributed by atoms with Gasteiger partial charge in [0.15, 0.2) is 0 Å². The van der Waals surface area contributed by atoms with Crippen molar-refractivity contribution in [3.05, 3.63) is 59.8 Å². The number of aromatic nitrogens is 3. The Morgan fingerprint density at radius 1 is 1.03 bits per heavy atom. The molecule has 0 saturated carbocycles. The number of amides is 1. The van der Waals surface area contributed by atoms with Crippen molar-refractivity contribution in [3.8, 4) is 22.8 Å². The summed E-state index contributed by atoms with van der Waals surface area (Å²) in [6.45, 7) is 11.0. The number of fused-ring (bicyclic) bond motifs is 2. The number of carbonyl (C=O) groups is 1. The molecule has 1 aliphatic rings. The lowest BCUT2D eigenvalue weighted by atomic mass is 10.1. The molecule has 5 rings (SSSR count). The summed E-state index contributed by atoms with van der Waals surface area (Å²) in [6.07, 6.45) is 1.80.